The molecule has 0 fully saturated rings. The lowest BCUT2D eigenvalue weighted by Gasteiger charge is -2.20. The minimum atomic E-state index is -0.286. The van der Waals surface area contributed by atoms with Crippen LogP contribution in [0, 0.1) is 12.7 Å². The van der Waals surface area contributed by atoms with Crippen molar-refractivity contribution in [2.24, 2.45) is 0 Å². The molecule has 1 aromatic carbocycles. The van der Waals surface area contributed by atoms with E-state index in [4.69, 9.17) is 0 Å². The van der Waals surface area contributed by atoms with Crippen LogP contribution in [0.4, 0.5) is 10.1 Å². The van der Waals surface area contributed by atoms with E-state index in [0.717, 1.165) is 19.3 Å². The molecular formula is C16H25FN2O. The number of amides is 1. The van der Waals surface area contributed by atoms with E-state index in [0.29, 0.717) is 17.3 Å². The summed E-state index contributed by atoms with van der Waals surface area (Å²) in [6, 6.07) is 5.16. The molecule has 0 spiro atoms. The van der Waals surface area contributed by atoms with E-state index >= 15 is 0 Å². The van der Waals surface area contributed by atoms with Crippen LogP contribution >= 0.6 is 0 Å². The normalized spacial score (nSPS) is 12.2. The van der Waals surface area contributed by atoms with Crippen LogP contribution in [0.15, 0.2) is 18.2 Å². The van der Waals surface area contributed by atoms with Gasteiger partial charge in [0.1, 0.15) is 5.82 Å². The second-order valence-electron chi connectivity index (χ2n) is 5.31. The van der Waals surface area contributed by atoms with Crippen molar-refractivity contribution in [1.82, 2.24) is 5.32 Å². The number of hydrogen-bond acceptors (Lipinski definition) is 2. The number of unbranched alkanes of at least 4 members (excludes halogenated alkanes) is 1. The number of likely N-dealkylation sites (N-methyl/N-ethyl adjacent to an activating group) is 1. The van der Waals surface area contributed by atoms with E-state index in [1.807, 2.05) is 0 Å². The van der Waals surface area contributed by atoms with E-state index in [-0.39, 0.29) is 18.3 Å². The number of benzene rings is 1. The molecule has 20 heavy (non-hydrogen) atoms. The molecule has 112 valence electrons. The van der Waals surface area contributed by atoms with Crippen LogP contribution in [0.1, 0.15) is 38.7 Å². The molecule has 1 N–H and O–H groups in total. The molecule has 1 unspecified atom stereocenters. The van der Waals surface area contributed by atoms with E-state index in [2.05, 4.69) is 19.2 Å². The highest BCUT2D eigenvalue weighted by atomic mass is 19.1. The second kappa shape index (κ2) is 8.00. The molecule has 0 saturated heterocycles. The minimum absolute atomic E-state index is 0.0587. The van der Waals surface area contributed by atoms with Crippen molar-refractivity contribution in [3.8, 4) is 0 Å². The third-order valence-electron chi connectivity index (χ3n) is 3.51. The lowest BCUT2D eigenvalue weighted by Crippen LogP contribution is -2.39. The van der Waals surface area contributed by atoms with E-state index in [9.17, 15) is 9.18 Å². The standard InChI is InChI=1S/C16H25FN2O/c1-5-6-7-13(3)18-11-16(20)19(4)14-9-8-12(2)15(17)10-14/h8-10,13,18H,5-7,11H2,1-4H3. The first-order chi connectivity index (χ1) is 9.45. The van der Waals surface area contributed by atoms with Crippen LogP contribution in [0.5, 0.6) is 0 Å². The van der Waals surface area contributed by atoms with Gasteiger partial charge in [-0.25, -0.2) is 4.39 Å². The van der Waals surface area contributed by atoms with Gasteiger partial charge in [0.05, 0.1) is 6.54 Å². The van der Waals surface area contributed by atoms with Gasteiger partial charge in [-0.3, -0.25) is 4.79 Å². The Morgan fingerprint density at radius 1 is 1.45 bits per heavy atom. The zero-order chi connectivity index (χ0) is 15.1. The molecule has 4 heteroatoms. The fourth-order valence-corrected chi connectivity index (χ4v) is 1.93. The van der Waals surface area contributed by atoms with Crippen LogP contribution in [0.25, 0.3) is 0 Å². The summed E-state index contributed by atoms with van der Waals surface area (Å²) in [5, 5.41) is 3.21. The first-order valence-corrected chi connectivity index (χ1v) is 7.21. The summed E-state index contributed by atoms with van der Waals surface area (Å²) < 4.78 is 13.5. The van der Waals surface area contributed by atoms with Crippen molar-refractivity contribution >= 4 is 11.6 Å². The molecule has 0 aliphatic rings. The van der Waals surface area contributed by atoms with Crippen molar-refractivity contribution in [3.05, 3.63) is 29.6 Å². The van der Waals surface area contributed by atoms with Gasteiger partial charge in [-0.2, -0.15) is 0 Å². The van der Waals surface area contributed by atoms with Gasteiger partial charge < -0.3 is 10.2 Å². The first-order valence-electron chi connectivity index (χ1n) is 7.21. The van der Waals surface area contributed by atoms with Gasteiger partial charge in [-0.15, -0.1) is 0 Å². The van der Waals surface area contributed by atoms with Crippen LogP contribution in [0.3, 0.4) is 0 Å². The molecule has 1 amide bonds. The molecule has 3 nitrogen and oxygen atoms in total. The summed E-state index contributed by atoms with van der Waals surface area (Å²) in [7, 11) is 1.67. The molecule has 1 atom stereocenters. The number of halogens is 1. The molecule has 0 saturated carbocycles. The van der Waals surface area contributed by atoms with Crippen LogP contribution in [-0.4, -0.2) is 25.5 Å². The predicted octanol–water partition coefficient (Wildman–Crippen LogP) is 3.27. The number of carbonyl (C=O) groups is 1. The molecule has 1 rings (SSSR count). The van der Waals surface area contributed by atoms with Gasteiger partial charge in [0.25, 0.3) is 0 Å². The predicted molar refractivity (Wildman–Crippen MR) is 81.5 cm³/mol. The summed E-state index contributed by atoms with van der Waals surface area (Å²) in [5.41, 5.74) is 1.17. The molecule has 1 aromatic rings. The number of nitrogens with one attached hydrogen (secondary N) is 1. The van der Waals surface area contributed by atoms with Crippen molar-refractivity contribution in [2.75, 3.05) is 18.5 Å². The zero-order valence-electron chi connectivity index (χ0n) is 12.9. The molecular weight excluding hydrogens is 255 g/mol. The summed E-state index contributed by atoms with van der Waals surface area (Å²) in [5.74, 6) is -0.344. The Morgan fingerprint density at radius 2 is 2.15 bits per heavy atom. The monoisotopic (exact) mass is 280 g/mol. The maximum atomic E-state index is 13.5. The maximum absolute atomic E-state index is 13.5. The Labute approximate surface area is 121 Å². The van der Waals surface area contributed by atoms with Crippen LogP contribution in [0.2, 0.25) is 0 Å². The van der Waals surface area contributed by atoms with E-state index < -0.39 is 0 Å². The number of anilines is 1. The Kier molecular flexibility index (Phi) is 6.65. The van der Waals surface area contributed by atoms with Crippen LogP contribution in [-0.2, 0) is 4.79 Å². The molecule has 0 bridgehead atoms. The van der Waals surface area contributed by atoms with Crippen molar-refractivity contribution in [1.29, 1.82) is 0 Å². The Morgan fingerprint density at radius 3 is 2.75 bits per heavy atom. The third-order valence-corrected chi connectivity index (χ3v) is 3.51. The average molecular weight is 280 g/mol. The van der Waals surface area contributed by atoms with Gasteiger partial charge in [0.15, 0.2) is 0 Å². The summed E-state index contributed by atoms with van der Waals surface area (Å²) in [4.78, 5) is 13.5. The SMILES string of the molecule is CCCCC(C)NCC(=O)N(C)c1ccc(C)c(F)c1. The smallest absolute Gasteiger partial charge is 0.240 e. The highest BCUT2D eigenvalue weighted by Gasteiger charge is 2.13. The van der Waals surface area contributed by atoms with Gasteiger partial charge >= 0.3 is 0 Å². The Balaban J connectivity index is 2.52. The Bertz CT molecular complexity index is 448. The topological polar surface area (TPSA) is 32.3 Å². The number of aryl methyl sites for hydroxylation is 1. The van der Waals surface area contributed by atoms with Crippen molar-refractivity contribution in [2.45, 2.75) is 46.1 Å². The number of carbonyl (C=O) groups excluding carboxylic acids is 1. The largest absolute Gasteiger partial charge is 0.314 e. The molecule has 0 heterocycles. The van der Waals surface area contributed by atoms with Gasteiger partial charge in [0, 0.05) is 18.8 Å². The third kappa shape index (κ3) is 4.93. The fourth-order valence-electron chi connectivity index (χ4n) is 1.93. The van der Waals surface area contributed by atoms with E-state index in [1.165, 1.54) is 11.0 Å². The fraction of sp³-hybridized carbons (Fsp3) is 0.562. The quantitative estimate of drug-likeness (QED) is 0.831. The highest BCUT2D eigenvalue weighted by Crippen LogP contribution is 2.17. The maximum Gasteiger partial charge on any atom is 0.240 e. The summed E-state index contributed by atoms with van der Waals surface area (Å²) in [6.45, 7) is 6.21. The van der Waals surface area contributed by atoms with Crippen molar-refractivity contribution in [3.63, 3.8) is 0 Å². The average Bonchev–Trinajstić information content (AvgIpc) is 2.44. The molecule has 0 radical (unpaired) electrons. The van der Waals surface area contributed by atoms with E-state index in [1.54, 1.807) is 26.1 Å². The first kappa shape index (κ1) is 16.6. The summed E-state index contributed by atoms with van der Waals surface area (Å²) in [6.07, 6.45) is 3.37. The minimum Gasteiger partial charge on any atom is -0.314 e. The number of rotatable bonds is 7. The number of nitrogens with zero attached hydrogens (tertiary/aromatic N) is 1. The second-order valence-corrected chi connectivity index (χ2v) is 5.31. The lowest BCUT2D eigenvalue weighted by atomic mass is 10.1. The lowest BCUT2D eigenvalue weighted by molar-refractivity contribution is -0.117. The molecule has 0 aliphatic carbocycles. The van der Waals surface area contributed by atoms with Gasteiger partial charge in [-0.1, -0.05) is 25.8 Å². The molecule has 0 aliphatic heterocycles. The van der Waals surface area contributed by atoms with Gasteiger partial charge in [0.2, 0.25) is 5.91 Å². The highest BCUT2D eigenvalue weighted by molar-refractivity contribution is 5.94. The van der Waals surface area contributed by atoms with Gasteiger partial charge in [-0.05, 0) is 38.0 Å². The molecule has 0 aromatic heterocycles. The summed E-state index contributed by atoms with van der Waals surface area (Å²) >= 11 is 0. The van der Waals surface area contributed by atoms with Crippen LogP contribution < -0.4 is 10.2 Å². The van der Waals surface area contributed by atoms with Crippen molar-refractivity contribution < 1.29 is 9.18 Å². The number of hydrogen-bond donors (Lipinski definition) is 1. The zero-order valence-corrected chi connectivity index (χ0v) is 12.9. The Hall–Kier alpha value is -1.42.